The second-order valence-corrected chi connectivity index (χ2v) is 7.06. The SMILES string of the molecule is O=C([C@@H]1CCNC1)N1CCC(c2nccn2Cc2ccncc2)CC1. The van der Waals surface area contributed by atoms with Crippen molar-refractivity contribution in [1.82, 2.24) is 24.8 Å². The third-order valence-corrected chi connectivity index (χ3v) is 5.43. The van der Waals surface area contributed by atoms with Crippen LogP contribution in [-0.2, 0) is 11.3 Å². The summed E-state index contributed by atoms with van der Waals surface area (Å²) >= 11 is 0. The predicted octanol–water partition coefficient (Wildman–Crippen LogP) is 1.64. The van der Waals surface area contributed by atoms with Crippen LogP contribution in [0, 0.1) is 5.92 Å². The maximum atomic E-state index is 12.6. The number of imidazole rings is 1. The Kier molecular flexibility index (Phi) is 4.78. The minimum Gasteiger partial charge on any atom is -0.342 e. The molecular weight excluding hydrogens is 314 g/mol. The molecule has 2 aliphatic heterocycles. The smallest absolute Gasteiger partial charge is 0.227 e. The van der Waals surface area contributed by atoms with Gasteiger partial charge in [-0.15, -0.1) is 0 Å². The van der Waals surface area contributed by atoms with E-state index >= 15 is 0 Å². The third kappa shape index (κ3) is 3.58. The third-order valence-electron chi connectivity index (χ3n) is 5.43. The highest BCUT2D eigenvalue weighted by Gasteiger charge is 2.31. The van der Waals surface area contributed by atoms with E-state index in [0.29, 0.717) is 11.8 Å². The summed E-state index contributed by atoms with van der Waals surface area (Å²) < 4.78 is 2.23. The highest BCUT2D eigenvalue weighted by atomic mass is 16.2. The molecule has 2 aromatic rings. The Balaban J connectivity index is 1.38. The number of carbonyl (C=O) groups excluding carboxylic acids is 1. The summed E-state index contributed by atoms with van der Waals surface area (Å²) in [6, 6.07) is 4.08. The number of hydrogen-bond donors (Lipinski definition) is 1. The molecule has 2 aliphatic rings. The van der Waals surface area contributed by atoms with Crippen LogP contribution in [0.2, 0.25) is 0 Å². The summed E-state index contributed by atoms with van der Waals surface area (Å²) in [5, 5.41) is 3.29. The van der Waals surface area contributed by atoms with Gasteiger partial charge in [0.05, 0.1) is 5.92 Å². The fourth-order valence-corrected chi connectivity index (χ4v) is 3.98. The molecule has 1 N–H and O–H groups in total. The zero-order chi connectivity index (χ0) is 17.1. The molecule has 0 aromatic carbocycles. The van der Waals surface area contributed by atoms with Crippen molar-refractivity contribution in [1.29, 1.82) is 0 Å². The summed E-state index contributed by atoms with van der Waals surface area (Å²) in [6.45, 7) is 4.34. The predicted molar refractivity (Wildman–Crippen MR) is 95.1 cm³/mol. The van der Waals surface area contributed by atoms with E-state index in [4.69, 9.17) is 0 Å². The maximum Gasteiger partial charge on any atom is 0.227 e. The number of amides is 1. The van der Waals surface area contributed by atoms with Gasteiger partial charge < -0.3 is 14.8 Å². The normalized spacial score (nSPS) is 21.6. The van der Waals surface area contributed by atoms with Gasteiger partial charge in [-0.25, -0.2) is 4.98 Å². The van der Waals surface area contributed by atoms with Crippen molar-refractivity contribution >= 4 is 5.91 Å². The Morgan fingerprint density at radius 2 is 1.96 bits per heavy atom. The second-order valence-electron chi connectivity index (χ2n) is 7.06. The molecule has 6 nitrogen and oxygen atoms in total. The first kappa shape index (κ1) is 16.3. The van der Waals surface area contributed by atoms with E-state index in [2.05, 4.69) is 30.9 Å². The second kappa shape index (κ2) is 7.35. The number of hydrogen-bond acceptors (Lipinski definition) is 4. The standard InChI is InChI=1S/C19H25N5O/c25-19(17-3-8-21-13-17)23-10-4-16(5-11-23)18-22-9-12-24(18)14-15-1-6-20-7-2-15/h1-2,6-7,9,12,16-17,21H,3-5,8,10-11,13-14H2/t17-/m1/s1. The van der Waals surface area contributed by atoms with Gasteiger partial charge in [0.1, 0.15) is 5.82 Å². The Morgan fingerprint density at radius 3 is 2.68 bits per heavy atom. The van der Waals surface area contributed by atoms with E-state index in [-0.39, 0.29) is 5.92 Å². The minimum absolute atomic E-state index is 0.185. The van der Waals surface area contributed by atoms with Crippen LogP contribution in [0.3, 0.4) is 0 Å². The number of rotatable bonds is 4. The molecule has 2 saturated heterocycles. The first-order chi connectivity index (χ1) is 12.3. The van der Waals surface area contributed by atoms with E-state index in [0.717, 1.165) is 57.8 Å². The molecule has 0 aliphatic carbocycles. The van der Waals surface area contributed by atoms with Crippen LogP contribution in [0.4, 0.5) is 0 Å². The van der Waals surface area contributed by atoms with Crippen molar-refractivity contribution in [3.05, 3.63) is 48.3 Å². The summed E-state index contributed by atoms with van der Waals surface area (Å²) in [5.41, 5.74) is 1.23. The van der Waals surface area contributed by atoms with Gasteiger partial charge in [0.25, 0.3) is 0 Å². The van der Waals surface area contributed by atoms with Crippen LogP contribution in [0.1, 0.15) is 36.6 Å². The van der Waals surface area contributed by atoms with Crippen LogP contribution in [0.5, 0.6) is 0 Å². The van der Waals surface area contributed by atoms with Gasteiger partial charge in [-0.3, -0.25) is 9.78 Å². The lowest BCUT2D eigenvalue weighted by atomic mass is 9.94. The lowest BCUT2D eigenvalue weighted by molar-refractivity contribution is -0.136. The van der Waals surface area contributed by atoms with Crippen LogP contribution < -0.4 is 5.32 Å². The molecule has 2 fully saturated rings. The lowest BCUT2D eigenvalue weighted by Gasteiger charge is -2.33. The average molecular weight is 339 g/mol. The Morgan fingerprint density at radius 1 is 1.16 bits per heavy atom. The van der Waals surface area contributed by atoms with Gasteiger partial charge in [-0.1, -0.05) is 0 Å². The summed E-state index contributed by atoms with van der Waals surface area (Å²) in [4.78, 5) is 23.3. The van der Waals surface area contributed by atoms with Crippen LogP contribution in [0.25, 0.3) is 0 Å². The van der Waals surface area contributed by atoms with E-state index < -0.39 is 0 Å². The highest BCUT2D eigenvalue weighted by molar-refractivity contribution is 5.79. The lowest BCUT2D eigenvalue weighted by Crippen LogP contribution is -2.42. The van der Waals surface area contributed by atoms with Gasteiger partial charge >= 0.3 is 0 Å². The monoisotopic (exact) mass is 339 g/mol. The number of likely N-dealkylation sites (tertiary alicyclic amines) is 1. The summed E-state index contributed by atoms with van der Waals surface area (Å²) in [7, 11) is 0. The molecule has 0 spiro atoms. The fraction of sp³-hybridized carbons (Fsp3) is 0.526. The first-order valence-electron chi connectivity index (χ1n) is 9.20. The number of piperidine rings is 1. The molecule has 0 unspecified atom stereocenters. The van der Waals surface area contributed by atoms with Crippen LogP contribution >= 0.6 is 0 Å². The van der Waals surface area contributed by atoms with Crippen molar-refractivity contribution < 1.29 is 4.79 Å². The van der Waals surface area contributed by atoms with Crippen molar-refractivity contribution in [3.63, 3.8) is 0 Å². The molecule has 0 saturated carbocycles. The highest BCUT2D eigenvalue weighted by Crippen LogP contribution is 2.28. The first-order valence-corrected chi connectivity index (χ1v) is 9.20. The quantitative estimate of drug-likeness (QED) is 0.920. The Bertz CT molecular complexity index is 700. The minimum atomic E-state index is 0.185. The molecular formula is C19H25N5O. The molecule has 1 atom stereocenters. The van der Waals surface area contributed by atoms with Crippen LogP contribution in [-0.4, -0.2) is 51.5 Å². The average Bonchev–Trinajstić information content (AvgIpc) is 3.34. The van der Waals surface area contributed by atoms with Crippen molar-refractivity contribution in [2.24, 2.45) is 5.92 Å². The number of nitrogens with zero attached hydrogens (tertiary/aromatic N) is 4. The van der Waals surface area contributed by atoms with Gasteiger partial charge in [-0.05, 0) is 43.5 Å². The molecule has 6 heteroatoms. The maximum absolute atomic E-state index is 12.6. The van der Waals surface area contributed by atoms with Gasteiger partial charge in [0.15, 0.2) is 0 Å². The summed E-state index contributed by atoms with van der Waals surface area (Å²) in [6.07, 6.45) is 10.6. The van der Waals surface area contributed by atoms with Gasteiger partial charge in [0, 0.05) is 56.9 Å². The molecule has 25 heavy (non-hydrogen) atoms. The van der Waals surface area contributed by atoms with Gasteiger partial charge in [-0.2, -0.15) is 0 Å². The number of aromatic nitrogens is 3. The Labute approximate surface area is 148 Å². The molecule has 132 valence electrons. The fourth-order valence-electron chi connectivity index (χ4n) is 3.98. The summed E-state index contributed by atoms with van der Waals surface area (Å²) in [5.74, 6) is 2.10. The zero-order valence-corrected chi connectivity index (χ0v) is 14.5. The number of pyridine rings is 1. The largest absolute Gasteiger partial charge is 0.342 e. The van der Waals surface area contributed by atoms with Crippen molar-refractivity contribution in [3.8, 4) is 0 Å². The van der Waals surface area contributed by atoms with E-state index in [9.17, 15) is 4.79 Å². The van der Waals surface area contributed by atoms with E-state index in [1.807, 2.05) is 30.7 Å². The molecule has 0 radical (unpaired) electrons. The van der Waals surface area contributed by atoms with E-state index in [1.165, 1.54) is 5.56 Å². The molecule has 0 bridgehead atoms. The topological polar surface area (TPSA) is 63.1 Å². The molecule has 1 amide bonds. The molecule has 2 aromatic heterocycles. The van der Waals surface area contributed by atoms with Gasteiger partial charge in [0.2, 0.25) is 5.91 Å². The molecule has 4 heterocycles. The zero-order valence-electron chi connectivity index (χ0n) is 14.5. The Hall–Kier alpha value is -2.21. The van der Waals surface area contributed by atoms with Crippen LogP contribution in [0.15, 0.2) is 36.9 Å². The number of carbonyl (C=O) groups is 1. The van der Waals surface area contributed by atoms with E-state index in [1.54, 1.807) is 0 Å². The van der Waals surface area contributed by atoms with Crippen molar-refractivity contribution in [2.45, 2.75) is 31.7 Å². The van der Waals surface area contributed by atoms with Crippen molar-refractivity contribution in [2.75, 3.05) is 26.2 Å². The number of nitrogens with one attached hydrogen (secondary N) is 1. The molecule has 4 rings (SSSR count).